The van der Waals surface area contributed by atoms with Gasteiger partial charge in [-0.05, 0) is 198 Å². The van der Waals surface area contributed by atoms with Crippen LogP contribution in [0, 0.1) is 26.2 Å². The van der Waals surface area contributed by atoms with Crippen molar-refractivity contribution in [3.63, 3.8) is 0 Å². The maximum absolute atomic E-state index is 2.70. The SMILES string of the molecule is Cc1cc2c3c(c1)N(c1ccc(C(C)(C)C)cc1C)c1cc4c(cc1B3c1ccc(CC3c5ccc(C(C)(C)C)cc5C5(C)CCCCC35C)cc1N2c1ccc(C(C)(C)C)cc1C)C(C)(C)c1ccccc1C4(C)C. The highest BCUT2D eigenvalue weighted by molar-refractivity contribution is 7.00. The van der Waals surface area contributed by atoms with E-state index in [1.165, 1.54) is 137 Å². The first-order chi connectivity index (χ1) is 35.6. The fourth-order valence-electron chi connectivity index (χ4n) is 15.8. The predicted octanol–water partition coefficient (Wildman–Crippen LogP) is 17.7. The molecule has 0 saturated heterocycles. The average molecular weight is 1000 g/mol. The van der Waals surface area contributed by atoms with E-state index < -0.39 is 0 Å². The second-order valence-electron chi connectivity index (χ2n) is 29.2. The van der Waals surface area contributed by atoms with Gasteiger partial charge in [-0.15, -0.1) is 0 Å². The van der Waals surface area contributed by atoms with Gasteiger partial charge in [0.05, 0.1) is 0 Å². The fourth-order valence-corrected chi connectivity index (χ4v) is 15.8. The van der Waals surface area contributed by atoms with Crippen LogP contribution in [-0.4, -0.2) is 6.71 Å². The number of benzene rings is 7. The Hall–Kier alpha value is -5.80. The molecule has 0 amide bonds. The maximum atomic E-state index is 2.70. The Morgan fingerprint density at radius 2 is 0.961 bits per heavy atom. The molecule has 2 aliphatic heterocycles. The molecule has 1 fully saturated rings. The van der Waals surface area contributed by atoms with Crippen LogP contribution < -0.4 is 26.2 Å². The van der Waals surface area contributed by atoms with Crippen molar-refractivity contribution in [2.75, 3.05) is 9.80 Å². The second-order valence-corrected chi connectivity index (χ2v) is 29.2. The molecule has 390 valence electrons. The van der Waals surface area contributed by atoms with E-state index in [2.05, 4.69) is 256 Å². The summed E-state index contributed by atoms with van der Waals surface area (Å²) in [6.07, 6.45) is 6.19. The second kappa shape index (κ2) is 16.6. The molecule has 2 nitrogen and oxygen atoms in total. The number of rotatable bonds is 4. The maximum Gasteiger partial charge on any atom is 0.252 e. The summed E-state index contributed by atoms with van der Waals surface area (Å²) < 4.78 is 0. The van der Waals surface area contributed by atoms with Crippen LogP contribution >= 0.6 is 0 Å². The number of hydrogen-bond acceptors (Lipinski definition) is 2. The van der Waals surface area contributed by atoms with E-state index >= 15 is 0 Å². The van der Waals surface area contributed by atoms with Gasteiger partial charge in [0.15, 0.2) is 0 Å². The van der Waals surface area contributed by atoms with Crippen molar-refractivity contribution in [1.29, 1.82) is 0 Å². The summed E-state index contributed by atoms with van der Waals surface area (Å²) in [4.78, 5) is 5.38. The molecule has 0 radical (unpaired) electrons. The van der Waals surface area contributed by atoms with Gasteiger partial charge in [-0.1, -0.05) is 202 Å². The summed E-state index contributed by atoms with van der Waals surface area (Å²) in [5.41, 5.74) is 30.5. The highest BCUT2D eigenvalue weighted by Crippen LogP contribution is 2.66. The lowest BCUT2D eigenvalue weighted by atomic mass is 9.33. The normalized spacial score (nSPS) is 21.8. The van der Waals surface area contributed by atoms with Gasteiger partial charge in [0, 0.05) is 45.0 Å². The molecule has 0 spiro atoms. The summed E-state index contributed by atoms with van der Waals surface area (Å²) in [7, 11) is 0. The Morgan fingerprint density at radius 1 is 0.461 bits per heavy atom. The third kappa shape index (κ3) is 7.32. The molecular weight excluding hydrogens is 916 g/mol. The molecule has 7 aromatic rings. The van der Waals surface area contributed by atoms with Crippen LogP contribution in [-0.2, 0) is 38.9 Å². The lowest BCUT2D eigenvalue weighted by molar-refractivity contribution is 0.0794. The molecule has 7 aromatic carbocycles. The highest BCUT2D eigenvalue weighted by atomic mass is 15.2. The summed E-state index contributed by atoms with van der Waals surface area (Å²) in [5, 5.41) is 0. The number of anilines is 6. The molecule has 0 bridgehead atoms. The van der Waals surface area contributed by atoms with E-state index in [1.54, 1.807) is 11.1 Å². The van der Waals surface area contributed by atoms with Crippen molar-refractivity contribution in [3.8, 4) is 0 Å². The Labute approximate surface area is 458 Å². The van der Waals surface area contributed by atoms with Crippen LogP contribution in [0.3, 0.4) is 0 Å². The van der Waals surface area contributed by atoms with E-state index in [9.17, 15) is 0 Å². The minimum atomic E-state index is -0.198. The van der Waals surface area contributed by atoms with Crippen LogP contribution in [0.25, 0.3) is 0 Å². The zero-order valence-electron chi connectivity index (χ0n) is 49.6. The van der Waals surface area contributed by atoms with Crippen LogP contribution in [0.15, 0.2) is 121 Å². The van der Waals surface area contributed by atoms with Crippen LogP contribution in [0.5, 0.6) is 0 Å². The quantitative estimate of drug-likeness (QED) is 0.162. The zero-order valence-corrected chi connectivity index (χ0v) is 49.6. The molecule has 2 heterocycles. The van der Waals surface area contributed by atoms with Crippen molar-refractivity contribution in [2.24, 2.45) is 5.41 Å². The largest absolute Gasteiger partial charge is 0.311 e. The number of fused-ring (bicyclic) bond motifs is 9. The van der Waals surface area contributed by atoms with Gasteiger partial charge in [0.1, 0.15) is 0 Å². The molecule has 3 aliphatic carbocycles. The first kappa shape index (κ1) is 51.0. The predicted molar refractivity (Wildman–Crippen MR) is 328 cm³/mol. The molecular formula is C73H85BN2. The number of aryl methyl sites for hydroxylation is 3. The number of hydrogen-bond donors (Lipinski definition) is 0. The van der Waals surface area contributed by atoms with Crippen molar-refractivity contribution >= 4 is 57.2 Å². The van der Waals surface area contributed by atoms with Gasteiger partial charge in [-0.3, -0.25) is 0 Å². The van der Waals surface area contributed by atoms with Crippen molar-refractivity contribution in [1.82, 2.24) is 0 Å². The van der Waals surface area contributed by atoms with Gasteiger partial charge in [-0.2, -0.15) is 0 Å². The highest BCUT2D eigenvalue weighted by Gasteiger charge is 2.58. The monoisotopic (exact) mass is 1000 g/mol. The summed E-state index contributed by atoms with van der Waals surface area (Å²) in [6, 6.07) is 49.7. The minimum Gasteiger partial charge on any atom is -0.311 e. The van der Waals surface area contributed by atoms with Crippen molar-refractivity contribution in [2.45, 2.75) is 195 Å². The molecule has 12 rings (SSSR count). The lowest BCUT2D eigenvalue weighted by Gasteiger charge is -2.49. The van der Waals surface area contributed by atoms with Gasteiger partial charge in [0.2, 0.25) is 0 Å². The van der Waals surface area contributed by atoms with Crippen molar-refractivity contribution < 1.29 is 0 Å². The first-order valence-electron chi connectivity index (χ1n) is 29.1. The van der Waals surface area contributed by atoms with E-state index in [4.69, 9.17) is 0 Å². The molecule has 1 saturated carbocycles. The van der Waals surface area contributed by atoms with E-state index in [0.29, 0.717) is 5.92 Å². The Morgan fingerprint density at radius 3 is 1.50 bits per heavy atom. The topological polar surface area (TPSA) is 6.48 Å². The molecule has 0 aromatic heterocycles. The fraction of sp³-hybridized carbons (Fsp3) is 0.425. The van der Waals surface area contributed by atoms with Gasteiger partial charge in [0.25, 0.3) is 6.71 Å². The van der Waals surface area contributed by atoms with Crippen molar-refractivity contribution in [3.05, 3.63) is 194 Å². The first-order valence-corrected chi connectivity index (χ1v) is 29.1. The summed E-state index contributed by atoms with van der Waals surface area (Å²) in [6.45, 7) is 43.4. The third-order valence-corrected chi connectivity index (χ3v) is 20.6. The average Bonchev–Trinajstić information content (AvgIpc) is 3.73. The molecule has 3 unspecified atom stereocenters. The van der Waals surface area contributed by atoms with E-state index in [-0.39, 0.29) is 44.6 Å². The van der Waals surface area contributed by atoms with Crippen LogP contribution in [0.4, 0.5) is 34.1 Å². The minimum absolute atomic E-state index is 0.0176. The number of nitrogens with zero attached hydrogens (tertiary/aromatic N) is 2. The third-order valence-electron chi connectivity index (χ3n) is 20.6. The van der Waals surface area contributed by atoms with Gasteiger partial charge in [-0.25, -0.2) is 0 Å². The summed E-state index contributed by atoms with van der Waals surface area (Å²) >= 11 is 0. The molecule has 5 aliphatic rings. The molecule has 3 atom stereocenters. The molecule has 3 heteroatoms. The standard InChI is InChI=1S/C73H85BN2/c1-44-35-64-66-65(36-44)76(61-32-28-49(38-46(61)3)68(7,8)9)63-43-57-56(70(13,14)52-23-19-20-24-53(52)71(57,15)16)42-59(63)74(66)58-30-25-47(40-62(58)75(64)60-31-27-48(37-45(60)2)67(4,5)6)39-54-51-29-26-50(69(10,11)12)41-55(51)73(18)34-22-21-33-72(54,73)17/h19-20,23-32,35-38,40-43,54H,21-22,33-34,39H2,1-18H3. The van der Waals surface area contributed by atoms with E-state index in [0.717, 1.165) is 6.42 Å². The summed E-state index contributed by atoms with van der Waals surface area (Å²) in [5.74, 6) is 0.433. The zero-order chi connectivity index (χ0) is 54.2. The smallest absolute Gasteiger partial charge is 0.252 e. The van der Waals surface area contributed by atoms with Gasteiger partial charge < -0.3 is 9.80 Å². The molecule has 76 heavy (non-hydrogen) atoms. The Balaban J connectivity index is 1.13. The van der Waals surface area contributed by atoms with Gasteiger partial charge >= 0.3 is 0 Å². The Kier molecular flexibility index (Phi) is 11.1. The lowest BCUT2D eigenvalue weighted by Crippen LogP contribution is -2.62. The van der Waals surface area contributed by atoms with Crippen LogP contribution in [0.1, 0.15) is 208 Å². The van der Waals surface area contributed by atoms with E-state index in [1.807, 2.05) is 0 Å². The van der Waals surface area contributed by atoms with Crippen LogP contribution in [0.2, 0.25) is 0 Å². The molecule has 0 N–H and O–H groups in total. The Bertz CT molecular complexity index is 3560.